The first kappa shape index (κ1) is 22.3. The van der Waals surface area contributed by atoms with Gasteiger partial charge in [0.2, 0.25) is 5.91 Å². The molecule has 2 aliphatic heterocycles. The lowest BCUT2D eigenvalue weighted by Gasteiger charge is -2.40. The zero-order valence-electron chi connectivity index (χ0n) is 18.6. The Morgan fingerprint density at radius 3 is 2.47 bits per heavy atom. The van der Waals surface area contributed by atoms with Crippen molar-refractivity contribution in [3.05, 3.63) is 29.3 Å². The molecular weight excluding hydrogens is 442 g/mol. The van der Waals surface area contributed by atoms with Crippen molar-refractivity contribution in [2.24, 2.45) is 0 Å². The summed E-state index contributed by atoms with van der Waals surface area (Å²) in [7, 11) is -3.01. The van der Waals surface area contributed by atoms with Gasteiger partial charge in [-0.05, 0) is 57.3 Å². The van der Waals surface area contributed by atoms with Crippen molar-refractivity contribution in [1.82, 2.24) is 14.8 Å². The van der Waals surface area contributed by atoms with E-state index in [2.05, 4.69) is 23.1 Å². The van der Waals surface area contributed by atoms with E-state index in [1.54, 1.807) is 11.3 Å². The summed E-state index contributed by atoms with van der Waals surface area (Å²) in [5, 5.41) is 1.22. The lowest BCUT2D eigenvalue weighted by atomic mass is 9.92. The van der Waals surface area contributed by atoms with Crippen molar-refractivity contribution in [2.45, 2.75) is 69.4 Å². The van der Waals surface area contributed by atoms with E-state index in [1.807, 2.05) is 11.0 Å². The molecule has 174 valence electrons. The fourth-order valence-corrected chi connectivity index (χ4v) is 8.58. The van der Waals surface area contributed by atoms with Crippen molar-refractivity contribution in [3.8, 4) is 0 Å². The summed E-state index contributed by atoms with van der Waals surface area (Å²) in [6.07, 6.45) is 8.18. The number of benzene rings is 1. The molecule has 0 spiro atoms. The molecule has 0 unspecified atom stereocenters. The third-order valence-electron chi connectivity index (χ3n) is 7.46. The predicted octanol–water partition coefficient (Wildman–Crippen LogP) is 3.82. The van der Waals surface area contributed by atoms with Crippen LogP contribution in [0.1, 0.15) is 62.3 Å². The minimum Gasteiger partial charge on any atom is -0.335 e. The van der Waals surface area contributed by atoms with Crippen LogP contribution < -0.4 is 0 Å². The summed E-state index contributed by atoms with van der Waals surface area (Å²) in [6.45, 7) is 2.21. The molecule has 2 saturated heterocycles. The van der Waals surface area contributed by atoms with Crippen LogP contribution in [0.3, 0.4) is 0 Å². The van der Waals surface area contributed by atoms with Crippen LogP contribution in [0.5, 0.6) is 0 Å². The van der Waals surface area contributed by atoms with Gasteiger partial charge >= 0.3 is 0 Å². The summed E-state index contributed by atoms with van der Waals surface area (Å²) >= 11 is 1.80. The molecule has 3 aliphatic rings. The van der Waals surface area contributed by atoms with Gasteiger partial charge in [-0.2, -0.15) is 0 Å². The largest absolute Gasteiger partial charge is 0.335 e. The SMILES string of the molecule is O=C(CN1CCC(c2nc3ccccc3s2)CC1)N(C1CCCCC1)[C@@H]1CCS(=O)(=O)C1. The molecule has 2 aromatic rings. The number of hydrogen-bond donors (Lipinski definition) is 0. The fourth-order valence-electron chi connectivity index (χ4n) is 5.74. The highest BCUT2D eigenvalue weighted by atomic mass is 32.2. The van der Waals surface area contributed by atoms with E-state index in [0.29, 0.717) is 18.9 Å². The quantitative estimate of drug-likeness (QED) is 0.657. The monoisotopic (exact) mass is 475 g/mol. The maximum absolute atomic E-state index is 13.5. The number of rotatable bonds is 5. The molecule has 0 radical (unpaired) electrons. The van der Waals surface area contributed by atoms with Crippen LogP contribution in [0.25, 0.3) is 10.2 Å². The van der Waals surface area contributed by atoms with Gasteiger partial charge in [-0.1, -0.05) is 31.4 Å². The Bertz CT molecular complexity index is 1020. The van der Waals surface area contributed by atoms with Gasteiger partial charge in [-0.3, -0.25) is 9.69 Å². The molecule has 1 aromatic carbocycles. The van der Waals surface area contributed by atoms with Gasteiger partial charge in [0.15, 0.2) is 9.84 Å². The Labute approximate surface area is 194 Å². The molecule has 3 heterocycles. The summed E-state index contributed by atoms with van der Waals surface area (Å²) in [4.78, 5) is 22.6. The van der Waals surface area contributed by atoms with Crippen molar-refractivity contribution in [2.75, 3.05) is 31.1 Å². The molecule has 0 N–H and O–H groups in total. The molecule has 1 aliphatic carbocycles. The molecule has 1 saturated carbocycles. The summed E-state index contributed by atoms with van der Waals surface area (Å²) in [6, 6.07) is 8.39. The van der Waals surface area contributed by atoms with E-state index in [-0.39, 0.29) is 29.5 Å². The van der Waals surface area contributed by atoms with Gasteiger partial charge < -0.3 is 4.90 Å². The number of carbonyl (C=O) groups is 1. The fraction of sp³-hybridized carbons (Fsp3) is 0.667. The van der Waals surface area contributed by atoms with E-state index in [4.69, 9.17) is 4.98 Å². The van der Waals surface area contributed by atoms with E-state index >= 15 is 0 Å². The van der Waals surface area contributed by atoms with Crippen LogP contribution in [0.15, 0.2) is 24.3 Å². The van der Waals surface area contributed by atoms with Gasteiger partial charge in [0.1, 0.15) is 0 Å². The van der Waals surface area contributed by atoms with Gasteiger partial charge in [-0.25, -0.2) is 13.4 Å². The van der Waals surface area contributed by atoms with Crippen LogP contribution in [-0.4, -0.2) is 72.3 Å². The number of carbonyl (C=O) groups excluding carboxylic acids is 1. The summed E-state index contributed by atoms with van der Waals surface area (Å²) in [5.74, 6) is 0.974. The number of piperidine rings is 1. The van der Waals surface area contributed by atoms with E-state index in [9.17, 15) is 13.2 Å². The highest BCUT2D eigenvalue weighted by Gasteiger charge is 2.39. The smallest absolute Gasteiger partial charge is 0.237 e. The van der Waals surface area contributed by atoms with E-state index in [1.165, 1.54) is 16.1 Å². The first-order valence-electron chi connectivity index (χ1n) is 12.1. The molecule has 1 atom stereocenters. The van der Waals surface area contributed by atoms with Crippen molar-refractivity contribution in [1.29, 1.82) is 0 Å². The number of thiazole rings is 1. The number of amides is 1. The Morgan fingerprint density at radius 2 is 1.78 bits per heavy atom. The van der Waals surface area contributed by atoms with Gasteiger partial charge in [0, 0.05) is 18.0 Å². The van der Waals surface area contributed by atoms with Crippen molar-refractivity contribution in [3.63, 3.8) is 0 Å². The van der Waals surface area contributed by atoms with Crippen LogP contribution in [0.4, 0.5) is 0 Å². The van der Waals surface area contributed by atoms with Crippen LogP contribution in [-0.2, 0) is 14.6 Å². The summed E-state index contributed by atoms with van der Waals surface area (Å²) in [5.41, 5.74) is 1.08. The number of aromatic nitrogens is 1. The number of likely N-dealkylation sites (tertiary alicyclic amines) is 1. The molecular formula is C24H33N3O3S2. The first-order valence-corrected chi connectivity index (χ1v) is 14.7. The molecule has 1 aromatic heterocycles. The van der Waals surface area contributed by atoms with Crippen molar-refractivity contribution >= 4 is 37.3 Å². The van der Waals surface area contributed by atoms with Crippen LogP contribution in [0.2, 0.25) is 0 Å². The molecule has 6 nitrogen and oxygen atoms in total. The standard InChI is InChI=1S/C24H33N3O3S2/c28-23(27(19-6-2-1-3-7-19)20-12-15-32(29,30)17-20)16-26-13-10-18(11-14-26)24-25-21-8-4-5-9-22(21)31-24/h4-5,8-9,18-20H,1-3,6-7,10-17H2/t20-/m1/s1. The second-order valence-electron chi connectivity index (χ2n) is 9.72. The van der Waals surface area contributed by atoms with Crippen LogP contribution >= 0.6 is 11.3 Å². The van der Waals surface area contributed by atoms with Gasteiger partial charge in [0.05, 0.1) is 33.3 Å². The van der Waals surface area contributed by atoms with Gasteiger partial charge in [0.25, 0.3) is 0 Å². The zero-order chi connectivity index (χ0) is 22.1. The molecule has 5 rings (SSSR count). The van der Waals surface area contributed by atoms with Gasteiger partial charge in [-0.15, -0.1) is 11.3 Å². The first-order chi connectivity index (χ1) is 15.5. The Balaban J connectivity index is 1.22. The average Bonchev–Trinajstić information content (AvgIpc) is 3.38. The number of nitrogens with zero attached hydrogens (tertiary/aromatic N) is 3. The lowest BCUT2D eigenvalue weighted by molar-refractivity contribution is -0.138. The van der Waals surface area contributed by atoms with E-state index < -0.39 is 9.84 Å². The highest BCUT2D eigenvalue weighted by molar-refractivity contribution is 7.91. The Kier molecular flexibility index (Phi) is 6.54. The molecule has 1 amide bonds. The number of para-hydroxylation sites is 1. The second kappa shape index (κ2) is 9.39. The maximum Gasteiger partial charge on any atom is 0.237 e. The Morgan fingerprint density at radius 1 is 1.03 bits per heavy atom. The average molecular weight is 476 g/mol. The van der Waals surface area contributed by atoms with Crippen molar-refractivity contribution < 1.29 is 13.2 Å². The summed E-state index contributed by atoms with van der Waals surface area (Å²) < 4.78 is 25.5. The topological polar surface area (TPSA) is 70.6 Å². The number of sulfone groups is 1. The molecule has 32 heavy (non-hydrogen) atoms. The zero-order valence-corrected chi connectivity index (χ0v) is 20.2. The number of fused-ring (bicyclic) bond motifs is 1. The molecule has 3 fully saturated rings. The second-order valence-corrected chi connectivity index (χ2v) is 13.0. The maximum atomic E-state index is 13.5. The predicted molar refractivity (Wildman–Crippen MR) is 129 cm³/mol. The molecule has 8 heteroatoms. The normalized spacial score (nSPS) is 25.3. The third-order valence-corrected chi connectivity index (χ3v) is 10.4. The lowest BCUT2D eigenvalue weighted by Crippen LogP contribution is -2.52. The van der Waals surface area contributed by atoms with E-state index in [0.717, 1.165) is 57.1 Å². The minimum atomic E-state index is -3.01. The third kappa shape index (κ3) is 4.87. The highest BCUT2D eigenvalue weighted by Crippen LogP contribution is 2.34. The van der Waals surface area contributed by atoms with Crippen LogP contribution in [0, 0.1) is 0 Å². The number of hydrogen-bond acceptors (Lipinski definition) is 6. The Hall–Kier alpha value is -1.51. The minimum absolute atomic E-state index is 0.129. The molecule has 0 bridgehead atoms.